The van der Waals surface area contributed by atoms with Crippen LogP contribution in [-0.2, 0) is 20.7 Å². The topological polar surface area (TPSA) is 117 Å². The third kappa shape index (κ3) is 11.7. The fraction of sp³-hybridized carbons (Fsp3) is 0.640. The molecule has 0 aliphatic carbocycles. The van der Waals surface area contributed by atoms with Crippen molar-refractivity contribution < 1.29 is 24.2 Å². The van der Waals surface area contributed by atoms with Gasteiger partial charge < -0.3 is 25.8 Å². The monoisotopic (exact) mass is 463 g/mol. The first-order valence-electron chi connectivity index (χ1n) is 11.5. The van der Waals surface area contributed by atoms with Crippen molar-refractivity contribution in [3.8, 4) is 0 Å². The number of hydrogen-bond acceptors (Lipinski definition) is 5. The van der Waals surface area contributed by atoms with Gasteiger partial charge >= 0.3 is 6.09 Å². The summed E-state index contributed by atoms with van der Waals surface area (Å²) in [5.41, 5.74) is -1.41. The maximum atomic E-state index is 12.6. The minimum Gasteiger partial charge on any atom is -0.444 e. The number of aliphatic hydroxyl groups is 1. The zero-order valence-corrected chi connectivity index (χ0v) is 21.0. The number of alkyl carbamates (subject to hydrolysis) is 1. The lowest BCUT2D eigenvalue weighted by Gasteiger charge is -2.34. The van der Waals surface area contributed by atoms with Crippen molar-refractivity contribution in [3.63, 3.8) is 0 Å². The minimum atomic E-state index is -1.59. The fourth-order valence-corrected chi connectivity index (χ4v) is 3.17. The largest absolute Gasteiger partial charge is 0.444 e. The Hall–Kier alpha value is -2.61. The van der Waals surface area contributed by atoms with Crippen molar-refractivity contribution in [2.24, 2.45) is 5.92 Å². The van der Waals surface area contributed by atoms with Gasteiger partial charge in [-0.05, 0) is 58.9 Å². The van der Waals surface area contributed by atoms with E-state index in [9.17, 15) is 19.5 Å². The molecule has 33 heavy (non-hydrogen) atoms. The van der Waals surface area contributed by atoms with Gasteiger partial charge in [-0.1, -0.05) is 44.2 Å². The molecule has 0 saturated carbocycles. The van der Waals surface area contributed by atoms with Crippen LogP contribution in [0.5, 0.6) is 0 Å². The van der Waals surface area contributed by atoms with Crippen molar-refractivity contribution >= 4 is 17.9 Å². The molecule has 0 saturated heterocycles. The minimum absolute atomic E-state index is 0.281. The Morgan fingerprint density at radius 3 is 2.15 bits per heavy atom. The summed E-state index contributed by atoms with van der Waals surface area (Å²) < 4.78 is 5.34. The lowest BCUT2D eigenvalue weighted by molar-refractivity contribution is -0.131. The van der Waals surface area contributed by atoms with E-state index in [1.807, 2.05) is 30.3 Å². The summed E-state index contributed by atoms with van der Waals surface area (Å²) in [6.07, 6.45) is 0.163. The molecule has 0 aromatic heterocycles. The SMILES string of the molecule is CC(C)CCNC(=O)[C@H](C)NC(=O)C[C@@](C)(O)[C@H](Cc1ccccc1)NC(=O)OC(C)(C)C. The lowest BCUT2D eigenvalue weighted by atomic mass is 9.87. The highest BCUT2D eigenvalue weighted by Crippen LogP contribution is 2.20. The number of carbonyl (C=O) groups is 3. The quantitative estimate of drug-likeness (QED) is 0.403. The van der Waals surface area contributed by atoms with Crippen LogP contribution in [0.15, 0.2) is 30.3 Å². The van der Waals surface area contributed by atoms with E-state index in [0.29, 0.717) is 18.9 Å². The van der Waals surface area contributed by atoms with E-state index in [-0.39, 0.29) is 12.3 Å². The first kappa shape index (κ1) is 28.4. The van der Waals surface area contributed by atoms with Gasteiger partial charge in [0.1, 0.15) is 11.6 Å². The third-order valence-corrected chi connectivity index (χ3v) is 5.03. The number of benzene rings is 1. The Labute approximate surface area is 197 Å². The van der Waals surface area contributed by atoms with Gasteiger partial charge in [0.05, 0.1) is 18.1 Å². The Bertz CT molecular complexity index is 772. The van der Waals surface area contributed by atoms with Crippen LogP contribution in [0.25, 0.3) is 0 Å². The van der Waals surface area contributed by atoms with Crippen molar-refractivity contribution in [3.05, 3.63) is 35.9 Å². The molecule has 0 unspecified atom stereocenters. The summed E-state index contributed by atoms with van der Waals surface area (Å²) in [4.78, 5) is 37.3. The van der Waals surface area contributed by atoms with Gasteiger partial charge in [-0.3, -0.25) is 9.59 Å². The first-order valence-corrected chi connectivity index (χ1v) is 11.5. The number of amides is 3. The molecule has 8 nitrogen and oxygen atoms in total. The van der Waals surface area contributed by atoms with Crippen LogP contribution in [0, 0.1) is 5.92 Å². The summed E-state index contributed by atoms with van der Waals surface area (Å²) in [6.45, 7) is 13.0. The van der Waals surface area contributed by atoms with Gasteiger partial charge in [-0.25, -0.2) is 4.79 Å². The van der Waals surface area contributed by atoms with Crippen molar-refractivity contribution in [1.29, 1.82) is 0 Å². The molecule has 0 aliphatic rings. The van der Waals surface area contributed by atoms with E-state index >= 15 is 0 Å². The average Bonchev–Trinajstić information content (AvgIpc) is 2.65. The predicted molar refractivity (Wildman–Crippen MR) is 129 cm³/mol. The van der Waals surface area contributed by atoms with E-state index in [2.05, 4.69) is 29.8 Å². The van der Waals surface area contributed by atoms with Gasteiger partial charge in [0.25, 0.3) is 0 Å². The van der Waals surface area contributed by atoms with Gasteiger partial charge in [0, 0.05) is 6.54 Å². The Kier molecular flexibility index (Phi) is 10.8. The summed E-state index contributed by atoms with van der Waals surface area (Å²) >= 11 is 0. The molecule has 0 aliphatic heterocycles. The number of carbonyl (C=O) groups excluding carboxylic acids is 3. The molecule has 0 fully saturated rings. The molecule has 0 heterocycles. The number of ether oxygens (including phenoxy) is 1. The standard InChI is InChI=1S/C25H41N3O5/c1-17(2)13-14-26-22(30)18(3)27-21(29)16-25(7,32)20(15-19-11-9-8-10-12-19)28-23(31)33-24(4,5)6/h8-12,17-18,20,32H,13-16H2,1-7H3,(H,26,30)(H,27,29)(H,28,31)/t18-,20-,25+/m0/s1. The molecule has 3 amide bonds. The second-order valence-corrected chi connectivity index (χ2v) is 10.2. The predicted octanol–water partition coefficient (Wildman–Crippen LogP) is 2.93. The van der Waals surface area contributed by atoms with Gasteiger partial charge in [-0.15, -0.1) is 0 Å². The molecule has 186 valence electrons. The number of rotatable bonds is 11. The third-order valence-electron chi connectivity index (χ3n) is 5.03. The molecule has 3 atom stereocenters. The Morgan fingerprint density at radius 2 is 1.61 bits per heavy atom. The van der Waals surface area contributed by atoms with Crippen molar-refractivity contribution in [2.45, 2.75) is 91.0 Å². The number of hydrogen-bond donors (Lipinski definition) is 4. The molecular weight excluding hydrogens is 422 g/mol. The van der Waals surface area contributed by atoms with E-state index in [1.54, 1.807) is 27.7 Å². The van der Waals surface area contributed by atoms with E-state index in [0.717, 1.165) is 12.0 Å². The van der Waals surface area contributed by atoms with Crippen LogP contribution >= 0.6 is 0 Å². The summed E-state index contributed by atoms with van der Waals surface area (Å²) in [5.74, 6) is -0.309. The van der Waals surface area contributed by atoms with E-state index in [1.165, 1.54) is 6.92 Å². The number of nitrogens with one attached hydrogen (secondary N) is 3. The normalized spacial score (nSPS) is 15.2. The molecule has 4 N–H and O–H groups in total. The highest BCUT2D eigenvalue weighted by atomic mass is 16.6. The molecule has 0 spiro atoms. The zero-order valence-electron chi connectivity index (χ0n) is 21.0. The molecule has 1 aromatic rings. The Morgan fingerprint density at radius 1 is 1.00 bits per heavy atom. The van der Waals surface area contributed by atoms with Crippen LogP contribution in [0.1, 0.15) is 66.9 Å². The van der Waals surface area contributed by atoms with Crippen LogP contribution in [0.4, 0.5) is 4.79 Å². The fourth-order valence-electron chi connectivity index (χ4n) is 3.17. The second-order valence-electron chi connectivity index (χ2n) is 10.2. The highest BCUT2D eigenvalue weighted by Gasteiger charge is 2.37. The molecular formula is C25H41N3O5. The molecule has 1 aromatic carbocycles. The van der Waals surface area contributed by atoms with Crippen LogP contribution in [0.3, 0.4) is 0 Å². The smallest absolute Gasteiger partial charge is 0.407 e. The molecule has 0 bridgehead atoms. The summed E-state index contributed by atoms with van der Waals surface area (Å²) in [7, 11) is 0. The van der Waals surface area contributed by atoms with Gasteiger partial charge in [-0.2, -0.15) is 0 Å². The van der Waals surface area contributed by atoms with Gasteiger partial charge in [0.15, 0.2) is 0 Å². The molecule has 1 rings (SSSR count). The first-order chi connectivity index (χ1) is 15.2. The van der Waals surface area contributed by atoms with E-state index in [4.69, 9.17) is 4.74 Å². The summed E-state index contributed by atoms with van der Waals surface area (Å²) in [5, 5.41) is 19.3. The molecule has 0 radical (unpaired) electrons. The van der Waals surface area contributed by atoms with Crippen LogP contribution < -0.4 is 16.0 Å². The van der Waals surface area contributed by atoms with Crippen LogP contribution in [0.2, 0.25) is 0 Å². The molecule has 8 heteroatoms. The van der Waals surface area contributed by atoms with Crippen LogP contribution in [-0.4, -0.2) is 52.8 Å². The maximum absolute atomic E-state index is 12.6. The van der Waals surface area contributed by atoms with Crippen molar-refractivity contribution in [2.75, 3.05) is 6.54 Å². The van der Waals surface area contributed by atoms with Crippen molar-refractivity contribution in [1.82, 2.24) is 16.0 Å². The summed E-state index contributed by atoms with van der Waals surface area (Å²) in [6, 6.07) is 7.82. The Balaban J connectivity index is 2.83. The maximum Gasteiger partial charge on any atom is 0.407 e. The average molecular weight is 464 g/mol. The van der Waals surface area contributed by atoms with E-state index < -0.39 is 35.3 Å². The van der Waals surface area contributed by atoms with Gasteiger partial charge in [0.2, 0.25) is 11.8 Å². The highest BCUT2D eigenvalue weighted by molar-refractivity contribution is 5.87. The lowest BCUT2D eigenvalue weighted by Crippen LogP contribution is -2.56. The second kappa shape index (κ2) is 12.6. The zero-order chi connectivity index (χ0) is 25.2.